The second kappa shape index (κ2) is 8.06. The van der Waals surface area contributed by atoms with Crippen LogP contribution in [-0.2, 0) is 9.53 Å². The summed E-state index contributed by atoms with van der Waals surface area (Å²) in [6.07, 6.45) is 4.13. The summed E-state index contributed by atoms with van der Waals surface area (Å²) in [7, 11) is 0. The summed E-state index contributed by atoms with van der Waals surface area (Å²) in [4.78, 5) is 12.8. The first-order valence-electron chi connectivity index (χ1n) is 8.64. The molecular weight excluding hydrogens is 385 g/mol. The van der Waals surface area contributed by atoms with Crippen LogP contribution in [0, 0.1) is 24.2 Å². The van der Waals surface area contributed by atoms with Crippen LogP contribution < -0.4 is 0 Å². The average Bonchev–Trinajstić information content (AvgIpc) is 2.90. The van der Waals surface area contributed by atoms with Crippen molar-refractivity contribution in [2.75, 3.05) is 6.61 Å². The van der Waals surface area contributed by atoms with Gasteiger partial charge in [-0.25, -0.2) is 0 Å². The number of rotatable bonds is 4. The molecule has 0 radical (unpaired) electrons. The number of alkyl halides is 3. The largest absolute Gasteiger partial charge is 0.461 e. The number of ether oxygens (including phenoxy) is 1. The van der Waals surface area contributed by atoms with E-state index in [0.29, 0.717) is 11.7 Å². The molecule has 0 bridgehead atoms. The summed E-state index contributed by atoms with van der Waals surface area (Å²) >= 11 is 17.2. The average molecular weight is 411 g/mol. The Hall–Kier alpha value is -0.450. The number of carbonyl (C=O) groups is 1. The Labute approximate surface area is 164 Å². The zero-order valence-electron chi connectivity index (χ0n) is 15.2. The molecule has 25 heavy (non-hydrogen) atoms. The lowest BCUT2D eigenvalue weighted by atomic mass is 9.66. The molecule has 0 unspecified atom stereocenters. The molecule has 0 aliphatic heterocycles. The zero-order valence-corrected chi connectivity index (χ0v) is 17.4. The molecule has 1 aromatic rings. The molecule has 2 rings (SSSR count). The summed E-state index contributed by atoms with van der Waals surface area (Å²) in [5, 5.41) is 3.93. The van der Waals surface area contributed by atoms with Gasteiger partial charge in [0.2, 0.25) is 3.79 Å². The third kappa shape index (κ3) is 6.04. The third-order valence-electron chi connectivity index (χ3n) is 5.00. The second-order valence-corrected chi connectivity index (χ2v) is 10.6. The number of aromatic nitrogens is 1. The highest BCUT2D eigenvalue weighted by molar-refractivity contribution is 6.67. The van der Waals surface area contributed by atoms with Crippen LogP contribution in [0.4, 0.5) is 0 Å². The quantitative estimate of drug-likeness (QED) is 0.462. The predicted molar refractivity (Wildman–Crippen MR) is 100 cm³/mol. The van der Waals surface area contributed by atoms with Crippen LogP contribution in [-0.4, -0.2) is 21.5 Å². The van der Waals surface area contributed by atoms with E-state index in [1.165, 1.54) is 6.42 Å². The van der Waals surface area contributed by atoms with E-state index in [4.69, 9.17) is 44.1 Å². The first-order valence-corrected chi connectivity index (χ1v) is 9.77. The number of halogens is 3. The molecule has 1 heterocycles. The SMILES string of the molecule is Cc1cc([C@H](C(=O)OCC(Cl)(Cl)Cl)[C@@H]2CCC[C@@H](C(C)(C)C)C2)on1. The van der Waals surface area contributed by atoms with Gasteiger partial charge in [0, 0.05) is 6.07 Å². The van der Waals surface area contributed by atoms with Crippen molar-refractivity contribution in [2.45, 2.75) is 63.1 Å². The first kappa shape index (κ1) is 20.9. The van der Waals surface area contributed by atoms with E-state index in [9.17, 15) is 4.79 Å². The van der Waals surface area contributed by atoms with E-state index in [1.807, 2.05) is 6.92 Å². The zero-order chi connectivity index (χ0) is 18.8. The van der Waals surface area contributed by atoms with Gasteiger partial charge in [-0.1, -0.05) is 67.2 Å². The van der Waals surface area contributed by atoms with Crippen molar-refractivity contribution in [3.05, 3.63) is 17.5 Å². The fraction of sp³-hybridized carbons (Fsp3) is 0.778. The van der Waals surface area contributed by atoms with Crippen LogP contribution >= 0.6 is 34.8 Å². The second-order valence-electron chi connectivity index (χ2n) is 8.06. The van der Waals surface area contributed by atoms with Crippen LogP contribution in [0.3, 0.4) is 0 Å². The van der Waals surface area contributed by atoms with Crippen molar-refractivity contribution in [3.8, 4) is 0 Å². The van der Waals surface area contributed by atoms with Crippen molar-refractivity contribution < 1.29 is 14.1 Å². The molecule has 0 amide bonds. The highest BCUT2D eigenvalue weighted by Gasteiger charge is 2.40. The lowest BCUT2D eigenvalue weighted by Crippen LogP contribution is -2.33. The molecule has 1 aromatic heterocycles. The third-order valence-corrected chi connectivity index (χ3v) is 5.32. The van der Waals surface area contributed by atoms with Crippen molar-refractivity contribution >= 4 is 40.8 Å². The number of hydrogen-bond donors (Lipinski definition) is 0. The molecule has 1 saturated carbocycles. The summed E-state index contributed by atoms with van der Waals surface area (Å²) in [6, 6.07) is 1.79. The Morgan fingerprint density at radius 3 is 2.56 bits per heavy atom. The van der Waals surface area contributed by atoms with Gasteiger partial charge in [-0.2, -0.15) is 0 Å². The van der Waals surface area contributed by atoms with E-state index in [-0.39, 0.29) is 17.9 Å². The molecule has 0 saturated heterocycles. The van der Waals surface area contributed by atoms with Crippen molar-refractivity contribution in [3.63, 3.8) is 0 Å². The number of aryl methyl sites for hydroxylation is 1. The maximum atomic E-state index is 12.8. The van der Waals surface area contributed by atoms with Gasteiger partial charge in [-0.05, 0) is 43.4 Å². The van der Waals surface area contributed by atoms with E-state index in [2.05, 4.69) is 25.9 Å². The molecule has 142 valence electrons. The molecular formula is C18H26Cl3NO3. The summed E-state index contributed by atoms with van der Waals surface area (Å²) in [6.45, 7) is 8.28. The summed E-state index contributed by atoms with van der Waals surface area (Å²) in [5.74, 6) is 0.277. The normalized spacial score (nSPS) is 23.3. The minimum Gasteiger partial charge on any atom is -0.461 e. The number of hydrogen-bond acceptors (Lipinski definition) is 4. The van der Waals surface area contributed by atoms with Crippen LogP contribution in [0.1, 0.15) is 63.8 Å². The summed E-state index contributed by atoms with van der Waals surface area (Å²) < 4.78 is 9.06. The fourth-order valence-electron chi connectivity index (χ4n) is 3.63. The molecule has 0 N–H and O–H groups in total. The molecule has 0 spiro atoms. The van der Waals surface area contributed by atoms with E-state index < -0.39 is 15.7 Å². The predicted octanol–water partition coefficient (Wildman–Crippen LogP) is 5.83. The van der Waals surface area contributed by atoms with Crippen LogP contribution in [0.15, 0.2) is 10.6 Å². The van der Waals surface area contributed by atoms with Crippen molar-refractivity contribution in [2.24, 2.45) is 17.3 Å². The van der Waals surface area contributed by atoms with Gasteiger partial charge in [-0.3, -0.25) is 4.79 Å². The Balaban J connectivity index is 2.21. The molecule has 1 aliphatic rings. The number of nitrogens with zero attached hydrogens (tertiary/aromatic N) is 1. The van der Waals surface area contributed by atoms with Crippen LogP contribution in [0.5, 0.6) is 0 Å². The van der Waals surface area contributed by atoms with Crippen molar-refractivity contribution in [1.29, 1.82) is 0 Å². The topological polar surface area (TPSA) is 52.3 Å². The molecule has 0 aromatic carbocycles. The van der Waals surface area contributed by atoms with Crippen LogP contribution in [0.25, 0.3) is 0 Å². The van der Waals surface area contributed by atoms with Gasteiger partial charge in [0.15, 0.2) is 5.76 Å². The first-order chi connectivity index (χ1) is 11.5. The standard InChI is InChI=1S/C18H26Cl3NO3/c1-11-8-14(25-22-11)15(16(23)24-10-18(19,20)21)12-6-5-7-13(9-12)17(2,3)4/h8,12-13,15H,5-7,9-10H2,1-4H3/t12-,13-,15-/m1/s1. The van der Waals surface area contributed by atoms with E-state index in [0.717, 1.165) is 25.0 Å². The van der Waals surface area contributed by atoms with Crippen molar-refractivity contribution in [1.82, 2.24) is 5.16 Å². The van der Waals surface area contributed by atoms with Gasteiger partial charge >= 0.3 is 5.97 Å². The smallest absolute Gasteiger partial charge is 0.317 e. The fourth-order valence-corrected chi connectivity index (χ4v) is 3.79. The van der Waals surface area contributed by atoms with E-state index >= 15 is 0 Å². The molecule has 1 fully saturated rings. The Bertz CT molecular complexity index is 589. The van der Waals surface area contributed by atoms with Crippen LogP contribution in [0.2, 0.25) is 0 Å². The number of esters is 1. The number of carbonyl (C=O) groups excluding carboxylic acids is 1. The highest BCUT2D eigenvalue weighted by Crippen LogP contribution is 2.45. The van der Waals surface area contributed by atoms with E-state index in [1.54, 1.807) is 6.07 Å². The summed E-state index contributed by atoms with van der Waals surface area (Å²) in [5.41, 5.74) is 0.930. The maximum absolute atomic E-state index is 12.8. The molecule has 7 heteroatoms. The maximum Gasteiger partial charge on any atom is 0.317 e. The lowest BCUT2D eigenvalue weighted by Gasteiger charge is -2.39. The van der Waals surface area contributed by atoms with Gasteiger partial charge < -0.3 is 9.26 Å². The minimum atomic E-state index is -1.63. The molecule has 4 nitrogen and oxygen atoms in total. The Morgan fingerprint density at radius 1 is 1.36 bits per heavy atom. The molecule has 1 aliphatic carbocycles. The molecule has 3 atom stereocenters. The van der Waals surface area contributed by atoms with Gasteiger partial charge in [0.1, 0.15) is 12.5 Å². The monoisotopic (exact) mass is 409 g/mol. The Kier molecular flexibility index (Phi) is 6.72. The van der Waals surface area contributed by atoms with Gasteiger partial charge in [-0.15, -0.1) is 0 Å². The highest BCUT2D eigenvalue weighted by atomic mass is 35.6. The Morgan fingerprint density at radius 2 is 2.04 bits per heavy atom. The lowest BCUT2D eigenvalue weighted by molar-refractivity contribution is -0.148. The van der Waals surface area contributed by atoms with Gasteiger partial charge in [0.05, 0.1) is 5.69 Å². The van der Waals surface area contributed by atoms with Gasteiger partial charge in [0.25, 0.3) is 0 Å². The minimum absolute atomic E-state index is 0.133.